The summed E-state index contributed by atoms with van der Waals surface area (Å²) in [6.07, 6.45) is 0. The van der Waals surface area contributed by atoms with Gasteiger partial charge in [0, 0.05) is 16.9 Å². The van der Waals surface area contributed by atoms with Gasteiger partial charge in [-0.2, -0.15) is 0 Å². The van der Waals surface area contributed by atoms with E-state index in [2.05, 4.69) is 241 Å². The molecule has 0 saturated carbocycles. The Kier molecular flexibility index (Phi) is 8.56. The number of rotatable bonds is 7. The third kappa shape index (κ3) is 6.30. The van der Waals surface area contributed by atoms with Crippen LogP contribution in [-0.2, 0) is 0 Å². The molecule has 11 aromatic rings. The van der Waals surface area contributed by atoms with Crippen LogP contribution in [0.1, 0.15) is 0 Å². The zero-order valence-corrected chi connectivity index (χ0v) is 32.5. The molecule has 0 N–H and O–H groups in total. The van der Waals surface area contributed by atoms with Gasteiger partial charge < -0.3 is 4.90 Å². The van der Waals surface area contributed by atoms with Gasteiger partial charge in [0.1, 0.15) is 0 Å². The van der Waals surface area contributed by atoms with Gasteiger partial charge in [0.05, 0.1) is 5.69 Å². The molecule has 0 aliphatic rings. The third-order valence-corrected chi connectivity index (χ3v) is 11.8. The van der Waals surface area contributed by atoms with E-state index in [9.17, 15) is 0 Å². The van der Waals surface area contributed by atoms with Crippen LogP contribution in [0.2, 0.25) is 0 Å². The molecule has 0 spiro atoms. The average Bonchev–Trinajstić information content (AvgIpc) is 3.32. The van der Waals surface area contributed by atoms with Crippen molar-refractivity contribution in [3.05, 3.63) is 237 Å². The van der Waals surface area contributed by atoms with Crippen LogP contribution in [0.15, 0.2) is 237 Å². The largest absolute Gasteiger partial charge is 0.310 e. The number of hydrogen-bond acceptors (Lipinski definition) is 1. The molecule has 0 fully saturated rings. The summed E-state index contributed by atoms with van der Waals surface area (Å²) in [6.45, 7) is 0. The van der Waals surface area contributed by atoms with Crippen LogP contribution in [0.25, 0.3) is 87.6 Å². The van der Waals surface area contributed by atoms with Gasteiger partial charge in [-0.05, 0) is 131 Å². The maximum atomic E-state index is 2.43. The lowest BCUT2D eigenvalue weighted by molar-refractivity contribution is 1.28. The summed E-state index contributed by atoms with van der Waals surface area (Å²) in [5, 5.41) is 10.0. The first-order valence-electron chi connectivity index (χ1n) is 20.3. The van der Waals surface area contributed by atoms with Gasteiger partial charge in [-0.3, -0.25) is 0 Å². The summed E-state index contributed by atoms with van der Waals surface area (Å²) in [7, 11) is 0. The Labute approximate surface area is 344 Å². The molecule has 1 heteroatoms. The topological polar surface area (TPSA) is 3.24 Å². The molecule has 0 atom stereocenters. The van der Waals surface area contributed by atoms with Gasteiger partial charge in [0.15, 0.2) is 0 Å². The Hall–Kier alpha value is -7.74. The van der Waals surface area contributed by atoms with Crippen molar-refractivity contribution in [2.45, 2.75) is 0 Å². The van der Waals surface area contributed by atoms with E-state index in [1.807, 2.05) is 0 Å². The first kappa shape index (κ1) is 34.5. The van der Waals surface area contributed by atoms with E-state index in [4.69, 9.17) is 0 Å². The molecule has 0 radical (unpaired) electrons. The third-order valence-electron chi connectivity index (χ3n) is 11.8. The standard InChI is InChI=1S/C58H39N/c1-3-13-40(14-4-1)42-25-31-49(32-26-42)59(50-33-27-43(28-34-50)41-15-5-2-6-16-41)58-36-30-46(45-29-35-53-48(37-45)24-23-44-17-7-9-19-51(44)53)38-57(58)56-39-47-18-8-10-20-52(47)54-21-11-12-22-55(54)56/h1-39H. The average molecular weight is 750 g/mol. The Bertz CT molecular complexity index is 3210. The van der Waals surface area contributed by atoms with Crippen LogP contribution in [0.4, 0.5) is 17.1 Å². The lowest BCUT2D eigenvalue weighted by Gasteiger charge is -2.29. The molecular formula is C58H39N. The van der Waals surface area contributed by atoms with Crippen molar-refractivity contribution in [2.75, 3.05) is 4.90 Å². The minimum Gasteiger partial charge on any atom is -0.310 e. The second-order valence-electron chi connectivity index (χ2n) is 15.3. The van der Waals surface area contributed by atoms with Crippen LogP contribution in [-0.4, -0.2) is 0 Å². The van der Waals surface area contributed by atoms with Crippen molar-refractivity contribution in [1.29, 1.82) is 0 Å². The van der Waals surface area contributed by atoms with Crippen LogP contribution in [0.5, 0.6) is 0 Å². The highest BCUT2D eigenvalue weighted by Crippen LogP contribution is 2.46. The van der Waals surface area contributed by atoms with Crippen LogP contribution < -0.4 is 4.90 Å². The van der Waals surface area contributed by atoms with Crippen molar-refractivity contribution >= 4 is 60.2 Å². The van der Waals surface area contributed by atoms with E-state index in [1.54, 1.807) is 0 Å². The van der Waals surface area contributed by atoms with Crippen LogP contribution in [0.3, 0.4) is 0 Å². The molecule has 0 unspecified atom stereocenters. The fraction of sp³-hybridized carbons (Fsp3) is 0. The van der Waals surface area contributed by atoms with Gasteiger partial charge >= 0.3 is 0 Å². The molecule has 0 saturated heterocycles. The number of hydrogen-bond donors (Lipinski definition) is 0. The fourth-order valence-corrected chi connectivity index (χ4v) is 8.89. The molecule has 0 heterocycles. The molecule has 0 amide bonds. The molecule has 59 heavy (non-hydrogen) atoms. The number of benzene rings is 11. The highest BCUT2D eigenvalue weighted by atomic mass is 15.1. The van der Waals surface area contributed by atoms with Crippen LogP contribution in [0, 0.1) is 0 Å². The molecule has 276 valence electrons. The maximum Gasteiger partial charge on any atom is 0.0540 e. The lowest BCUT2D eigenvalue weighted by Crippen LogP contribution is -2.11. The van der Waals surface area contributed by atoms with E-state index in [-0.39, 0.29) is 0 Å². The van der Waals surface area contributed by atoms with Crippen molar-refractivity contribution in [1.82, 2.24) is 0 Å². The van der Waals surface area contributed by atoms with Crippen molar-refractivity contribution < 1.29 is 0 Å². The van der Waals surface area contributed by atoms with E-state index >= 15 is 0 Å². The zero-order chi connectivity index (χ0) is 39.1. The minimum atomic E-state index is 1.09. The second kappa shape index (κ2) is 14.6. The molecule has 11 rings (SSSR count). The summed E-state index contributed by atoms with van der Waals surface area (Å²) >= 11 is 0. The van der Waals surface area contributed by atoms with E-state index in [0.717, 1.165) is 17.1 Å². The summed E-state index contributed by atoms with van der Waals surface area (Å²) < 4.78 is 0. The van der Waals surface area contributed by atoms with Gasteiger partial charge in [-0.1, -0.05) is 188 Å². The van der Waals surface area contributed by atoms with E-state index < -0.39 is 0 Å². The second-order valence-corrected chi connectivity index (χ2v) is 15.3. The molecular weight excluding hydrogens is 711 g/mol. The van der Waals surface area contributed by atoms with Crippen molar-refractivity contribution in [3.8, 4) is 44.5 Å². The summed E-state index contributed by atoms with van der Waals surface area (Å²) in [5.74, 6) is 0. The van der Waals surface area contributed by atoms with Gasteiger partial charge in [0.2, 0.25) is 0 Å². The Morgan fingerprint density at radius 1 is 0.220 bits per heavy atom. The molecule has 0 aliphatic carbocycles. The van der Waals surface area contributed by atoms with Crippen molar-refractivity contribution in [2.24, 2.45) is 0 Å². The summed E-state index contributed by atoms with van der Waals surface area (Å²) in [4.78, 5) is 2.43. The smallest absolute Gasteiger partial charge is 0.0540 e. The SMILES string of the molecule is c1ccc(-c2ccc(N(c3ccc(-c4ccccc4)cc3)c3ccc(-c4ccc5c(ccc6ccccc65)c4)cc3-c3cc4ccccc4c4ccccc34)cc2)cc1. The number of fused-ring (bicyclic) bond motifs is 6. The summed E-state index contributed by atoms with van der Waals surface area (Å²) in [5.41, 5.74) is 12.8. The van der Waals surface area contributed by atoms with Gasteiger partial charge in [0.25, 0.3) is 0 Å². The zero-order valence-electron chi connectivity index (χ0n) is 32.5. The normalized spacial score (nSPS) is 11.4. The summed E-state index contributed by atoms with van der Waals surface area (Å²) in [6, 6.07) is 86.4. The van der Waals surface area contributed by atoms with Crippen LogP contribution >= 0.6 is 0 Å². The Morgan fingerprint density at radius 3 is 1.29 bits per heavy atom. The highest BCUT2D eigenvalue weighted by molar-refractivity contribution is 6.15. The number of nitrogens with zero attached hydrogens (tertiary/aromatic N) is 1. The Morgan fingerprint density at radius 2 is 0.644 bits per heavy atom. The predicted octanol–water partition coefficient (Wildman–Crippen LogP) is 16.4. The molecule has 0 bridgehead atoms. The van der Waals surface area contributed by atoms with E-state index in [0.29, 0.717) is 0 Å². The monoisotopic (exact) mass is 749 g/mol. The Balaban J connectivity index is 1.15. The predicted molar refractivity (Wildman–Crippen MR) is 253 cm³/mol. The molecule has 0 aromatic heterocycles. The minimum absolute atomic E-state index is 1.09. The van der Waals surface area contributed by atoms with Crippen molar-refractivity contribution in [3.63, 3.8) is 0 Å². The quantitative estimate of drug-likeness (QED) is 0.147. The first-order valence-corrected chi connectivity index (χ1v) is 20.3. The molecule has 0 aliphatic heterocycles. The molecule has 11 aromatic carbocycles. The number of anilines is 3. The molecule has 1 nitrogen and oxygen atoms in total. The van der Waals surface area contributed by atoms with E-state index in [1.165, 1.54) is 87.6 Å². The lowest BCUT2D eigenvalue weighted by atomic mass is 9.89. The van der Waals surface area contributed by atoms with Gasteiger partial charge in [-0.25, -0.2) is 0 Å². The maximum absolute atomic E-state index is 2.43. The fourth-order valence-electron chi connectivity index (χ4n) is 8.89. The van der Waals surface area contributed by atoms with Gasteiger partial charge in [-0.15, -0.1) is 0 Å². The first-order chi connectivity index (χ1) is 29.2. The highest BCUT2D eigenvalue weighted by Gasteiger charge is 2.21.